The van der Waals surface area contributed by atoms with Crippen molar-refractivity contribution in [1.82, 2.24) is 9.71 Å². The smallest absolute Gasteiger partial charge is 0.260 e. The standard InChI is InChI=1S/C13H23N3O2S/c1-5-8-14-12-7-6-9-15-13(12)19(17,18)16-11(4)10(2)3/h6-7,9-11,14,16H,5,8H2,1-4H3. The van der Waals surface area contributed by atoms with Gasteiger partial charge in [0.25, 0.3) is 10.0 Å². The summed E-state index contributed by atoms with van der Waals surface area (Å²) in [4.78, 5) is 4.00. The molecule has 0 radical (unpaired) electrons. The zero-order chi connectivity index (χ0) is 14.5. The number of nitrogens with one attached hydrogen (secondary N) is 2. The number of sulfonamides is 1. The molecule has 1 aromatic heterocycles. The summed E-state index contributed by atoms with van der Waals surface area (Å²) in [5, 5.41) is 3.16. The molecule has 0 saturated carbocycles. The molecule has 6 heteroatoms. The molecule has 0 fully saturated rings. The van der Waals surface area contributed by atoms with Crippen LogP contribution >= 0.6 is 0 Å². The molecular weight excluding hydrogens is 262 g/mol. The van der Waals surface area contributed by atoms with Gasteiger partial charge in [0.1, 0.15) is 0 Å². The topological polar surface area (TPSA) is 71.1 Å². The van der Waals surface area contributed by atoms with Crippen LogP contribution in [0, 0.1) is 5.92 Å². The molecule has 108 valence electrons. The van der Waals surface area contributed by atoms with Crippen LogP contribution in [0.3, 0.4) is 0 Å². The Morgan fingerprint density at radius 3 is 2.58 bits per heavy atom. The molecule has 2 N–H and O–H groups in total. The first-order valence-corrected chi connectivity index (χ1v) is 8.08. The van der Waals surface area contributed by atoms with Gasteiger partial charge in [-0.2, -0.15) is 0 Å². The van der Waals surface area contributed by atoms with Gasteiger partial charge in [0.05, 0.1) is 5.69 Å². The summed E-state index contributed by atoms with van der Waals surface area (Å²) in [5.74, 6) is 0.227. The first-order valence-electron chi connectivity index (χ1n) is 6.59. The van der Waals surface area contributed by atoms with Crippen molar-refractivity contribution in [3.8, 4) is 0 Å². The fourth-order valence-electron chi connectivity index (χ4n) is 1.44. The van der Waals surface area contributed by atoms with Gasteiger partial charge in [-0.1, -0.05) is 20.8 Å². The fourth-order valence-corrected chi connectivity index (χ4v) is 2.94. The van der Waals surface area contributed by atoms with Crippen molar-refractivity contribution in [2.75, 3.05) is 11.9 Å². The molecule has 0 aliphatic heterocycles. The van der Waals surface area contributed by atoms with E-state index in [0.29, 0.717) is 12.2 Å². The Balaban J connectivity index is 3.00. The van der Waals surface area contributed by atoms with Gasteiger partial charge >= 0.3 is 0 Å². The monoisotopic (exact) mass is 285 g/mol. The van der Waals surface area contributed by atoms with Crippen LogP contribution in [0.15, 0.2) is 23.4 Å². The van der Waals surface area contributed by atoms with Crippen LogP contribution in [0.25, 0.3) is 0 Å². The molecule has 0 saturated heterocycles. The summed E-state index contributed by atoms with van der Waals surface area (Å²) < 4.78 is 27.3. The van der Waals surface area contributed by atoms with E-state index < -0.39 is 10.0 Å². The highest BCUT2D eigenvalue weighted by Gasteiger charge is 2.23. The van der Waals surface area contributed by atoms with E-state index in [1.807, 2.05) is 27.7 Å². The molecule has 0 aliphatic carbocycles. The van der Waals surface area contributed by atoms with Gasteiger partial charge in [0.15, 0.2) is 5.03 Å². The van der Waals surface area contributed by atoms with Crippen LogP contribution in [0.2, 0.25) is 0 Å². The molecule has 1 rings (SSSR count). The lowest BCUT2D eigenvalue weighted by atomic mass is 10.1. The lowest BCUT2D eigenvalue weighted by Crippen LogP contribution is -2.36. The van der Waals surface area contributed by atoms with E-state index in [-0.39, 0.29) is 17.0 Å². The lowest BCUT2D eigenvalue weighted by Gasteiger charge is -2.18. The summed E-state index contributed by atoms with van der Waals surface area (Å²) in [6, 6.07) is 3.33. The Kier molecular flexibility index (Phi) is 5.75. The van der Waals surface area contributed by atoms with Crippen LogP contribution < -0.4 is 10.0 Å². The largest absolute Gasteiger partial charge is 0.383 e. The van der Waals surface area contributed by atoms with E-state index in [1.54, 1.807) is 12.1 Å². The predicted molar refractivity (Wildman–Crippen MR) is 77.6 cm³/mol. The second-order valence-corrected chi connectivity index (χ2v) is 6.57. The molecule has 1 atom stereocenters. The summed E-state index contributed by atoms with van der Waals surface area (Å²) in [6.07, 6.45) is 2.41. The molecule has 0 aromatic carbocycles. The third-order valence-corrected chi connectivity index (χ3v) is 4.45. The molecule has 1 heterocycles. The van der Waals surface area contributed by atoms with Gasteiger partial charge < -0.3 is 5.32 Å². The van der Waals surface area contributed by atoms with Gasteiger partial charge in [-0.05, 0) is 31.4 Å². The zero-order valence-corrected chi connectivity index (χ0v) is 12.8. The van der Waals surface area contributed by atoms with Gasteiger partial charge in [-0.15, -0.1) is 0 Å². The summed E-state index contributed by atoms with van der Waals surface area (Å²) >= 11 is 0. The van der Waals surface area contributed by atoms with Gasteiger partial charge in [-0.3, -0.25) is 0 Å². The van der Waals surface area contributed by atoms with E-state index in [9.17, 15) is 8.42 Å². The molecule has 0 aliphatic rings. The van der Waals surface area contributed by atoms with Crippen molar-refractivity contribution < 1.29 is 8.42 Å². The van der Waals surface area contributed by atoms with Crippen molar-refractivity contribution in [2.24, 2.45) is 5.92 Å². The van der Waals surface area contributed by atoms with Crippen molar-refractivity contribution in [2.45, 2.75) is 45.2 Å². The molecule has 0 bridgehead atoms. The molecule has 19 heavy (non-hydrogen) atoms. The molecule has 1 aromatic rings. The van der Waals surface area contributed by atoms with Gasteiger partial charge in [0, 0.05) is 18.8 Å². The van der Waals surface area contributed by atoms with Crippen molar-refractivity contribution >= 4 is 15.7 Å². The predicted octanol–water partition coefficient (Wildman–Crippen LogP) is 2.23. The Labute approximate surface area is 115 Å². The minimum absolute atomic E-state index is 0.0657. The number of hydrogen-bond donors (Lipinski definition) is 2. The number of aromatic nitrogens is 1. The normalized spacial score (nSPS) is 13.5. The average molecular weight is 285 g/mol. The fraction of sp³-hybridized carbons (Fsp3) is 0.615. The molecular formula is C13H23N3O2S. The Hall–Kier alpha value is -1.14. The van der Waals surface area contributed by atoms with E-state index in [4.69, 9.17) is 0 Å². The summed E-state index contributed by atoms with van der Waals surface area (Å²) in [7, 11) is -3.59. The van der Waals surface area contributed by atoms with E-state index in [2.05, 4.69) is 15.0 Å². The van der Waals surface area contributed by atoms with Crippen LogP contribution in [-0.2, 0) is 10.0 Å². The number of pyridine rings is 1. The zero-order valence-electron chi connectivity index (χ0n) is 12.0. The Morgan fingerprint density at radius 2 is 2.00 bits per heavy atom. The van der Waals surface area contributed by atoms with Crippen LogP contribution in [0.4, 0.5) is 5.69 Å². The second-order valence-electron chi connectivity index (χ2n) is 4.94. The molecule has 0 amide bonds. The van der Waals surface area contributed by atoms with E-state index >= 15 is 0 Å². The Bertz CT molecular complexity index is 500. The highest BCUT2D eigenvalue weighted by atomic mass is 32.2. The first kappa shape index (κ1) is 15.9. The van der Waals surface area contributed by atoms with Crippen LogP contribution in [0.1, 0.15) is 34.1 Å². The van der Waals surface area contributed by atoms with Gasteiger partial charge in [0.2, 0.25) is 0 Å². The molecule has 0 spiro atoms. The first-order chi connectivity index (χ1) is 8.88. The molecule has 5 nitrogen and oxygen atoms in total. The highest BCUT2D eigenvalue weighted by Crippen LogP contribution is 2.18. The lowest BCUT2D eigenvalue weighted by molar-refractivity contribution is 0.475. The van der Waals surface area contributed by atoms with Crippen molar-refractivity contribution in [3.63, 3.8) is 0 Å². The quantitative estimate of drug-likeness (QED) is 0.806. The summed E-state index contributed by atoms with van der Waals surface area (Å²) in [5.41, 5.74) is 0.549. The van der Waals surface area contributed by atoms with Crippen LogP contribution in [0.5, 0.6) is 0 Å². The summed E-state index contributed by atoms with van der Waals surface area (Å²) in [6.45, 7) is 8.54. The third kappa shape index (κ3) is 4.47. The Morgan fingerprint density at radius 1 is 1.32 bits per heavy atom. The van der Waals surface area contributed by atoms with Crippen molar-refractivity contribution in [3.05, 3.63) is 18.3 Å². The van der Waals surface area contributed by atoms with Crippen molar-refractivity contribution in [1.29, 1.82) is 0 Å². The minimum atomic E-state index is -3.59. The maximum absolute atomic E-state index is 12.3. The maximum Gasteiger partial charge on any atom is 0.260 e. The number of anilines is 1. The van der Waals surface area contributed by atoms with E-state index in [0.717, 1.165) is 6.42 Å². The number of hydrogen-bond acceptors (Lipinski definition) is 4. The SMILES string of the molecule is CCCNc1cccnc1S(=O)(=O)NC(C)C(C)C. The van der Waals surface area contributed by atoms with E-state index in [1.165, 1.54) is 6.20 Å². The molecule has 1 unspecified atom stereocenters. The maximum atomic E-state index is 12.3. The number of rotatable bonds is 7. The minimum Gasteiger partial charge on any atom is -0.383 e. The third-order valence-electron chi connectivity index (χ3n) is 2.93. The van der Waals surface area contributed by atoms with Crippen LogP contribution in [-0.4, -0.2) is 26.0 Å². The highest BCUT2D eigenvalue weighted by molar-refractivity contribution is 7.89. The van der Waals surface area contributed by atoms with Gasteiger partial charge in [-0.25, -0.2) is 18.1 Å². The number of nitrogens with zero attached hydrogens (tertiary/aromatic N) is 1. The second kappa shape index (κ2) is 6.86. The average Bonchev–Trinajstić information content (AvgIpc) is 2.36.